The number of nitrogens with zero attached hydrogens (tertiary/aromatic N) is 1. The third-order valence-corrected chi connectivity index (χ3v) is 4.63. The maximum atomic E-state index is 14.1. The van der Waals surface area contributed by atoms with Gasteiger partial charge in [0.25, 0.3) is 0 Å². The lowest BCUT2D eigenvalue weighted by Crippen LogP contribution is -2.14. The maximum absolute atomic E-state index is 14.1. The fourth-order valence-corrected chi connectivity index (χ4v) is 3.08. The molecule has 0 aliphatic heterocycles. The molecule has 1 heterocycles. The summed E-state index contributed by atoms with van der Waals surface area (Å²) in [5.41, 5.74) is 2.29. The summed E-state index contributed by atoms with van der Waals surface area (Å²) >= 11 is 1.59. The summed E-state index contributed by atoms with van der Waals surface area (Å²) in [4.78, 5) is 5.73. The Morgan fingerprint density at radius 2 is 2.16 bits per heavy atom. The van der Waals surface area contributed by atoms with Gasteiger partial charge in [0.2, 0.25) is 0 Å². The molecule has 1 saturated carbocycles. The van der Waals surface area contributed by atoms with Gasteiger partial charge in [-0.15, -0.1) is 11.3 Å². The van der Waals surface area contributed by atoms with E-state index in [1.54, 1.807) is 30.4 Å². The lowest BCUT2D eigenvalue weighted by molar-refractivity contribution is 0.622. The van der Waals surface area contributed by atoms with Crippen molar-refractivity contribution in [2.45, 2.75) is 39.3 Å². The average Bonchev–Trinajstić information content (AvgIpc) is 3.14. The van der Waals surface area contributed by atoms with Crippen molar-refractivity contribution in [3.63, 3.8) is 0 Å². The van der Waals surface area contributed by atoms with Gasteiger partial charge in [-0.25, -0.2) is 9.37 Å². The van der Waals surface area contributed by atoms with Crippen LogP contribution in [0.3, 0.4) is 0 Å². The topological polar surface area (TPSA) is 24.9 Å². The molecule has 1 aromatic heterocycles. The van der Waals surface area contributed by atoms with Crippen molar-refractivity contribution in [3.8, 4) is 10.6 Å². The molecular weight excluding hydrogens is 259 g/mol. The Morgan fingerprint density at radius 3 is 2.89 bits per heavy atom. The van der Waals surface area contributed by atoms with Crippen molar-refractivity contribution in [2.75, 3.05) is 0 Å². The lowest BCUT2D eigenvalue weighted by Gasteiger charge is -2.01. The van der Waals surface area contributed by atoms with E-state index in [-0.39, 0.29) is 5.82 Å². The van der Waals surface area contributed by atoms with Crippen molar-refractivity contribution in [3.05, 3.63) is 40.2 Å². The Balaban J connectivity index is 1.87. The van der Waals surface area contributed by atoms with E-state index >= 15 is 0 Å². The molecular formula is C15H17FN2S. The van der Waals surface area contributed by atoms with Crippen LogP contribution in [0.1, 0.15) is 29.0 Å². The Labute approximate surface area is 116 Å². The second-order valence-corrected chi connectivity index (χ2v) is 6.20. The summed E-state index contributed by atoms with van der Waals surface area (Å²) in [6, 6.07) is 6.15. The quantitative estimate of drug-likeness (QED) is 0.918. The van der Waals surface area contributed by atoms with Crippen molar-refractivity contribution in [1.29, 1.82) is 0 Å². The fraction of sp³-hybridized carbons (Fsp3) is 0.400. The number of aromatic nitrogens is 1. The van der Waals surface area contributed by atoms with E-state index < -0.39 is 0 Å². The predicted octanol–water partition coefficient (Wildman–Crippen LogP) is 3.82. The minimum atomic E-state index is -0.155. The molecule has 19 heavy (non-hydrogen) atoms. The molecule has 1 fully saturated rings. The van der Waals surface area contributed by atoms with Gasteiger partial charge in [0, 0.05) is 23.0 Å². The van der Waals surface area contributed by atoms with Crippen molar-refractivity contribution in [2.24, 2.45) is 0 Å². The van der Waals surface area contributed by atoms with E-state index in [0.29, 0.717) is 17.2 Å². The van der Waals surface area contributed by atoms with Crippen LogP contribution < -0.4 is 5.32 Å². The summed E-state index contributed by atoms with van der Waals surface area (Å²) in [6.07, 6.45) is 2.55. The van der Waals surface area contributed by atoms with E-state index in [1.165, 1.54) is 17.7 Å². The molecule has 0 amide bonds. The van der Waals surface area contributed by atoms with Crippen LogP contribution in [0.5, 0.6) is 0 Å². The summed E-state index contributed by atoms with van der Waals surface area (Å²) in [7, 11) is 0. The molecule has 1 aliphatic carbocycles. The van der Waals surface area contributed by atoms with E-state index in [0.717, 1.165) is 17.2 Å². The predicted molar refractivity (Wildman–Crippen MR) is 76.8 cm³/mol. The lowest BCUT2D eigenvalue weighted by atomic mass is 10.1. The molecule has 100 valence electrons. The van der Waals surface area contributed by atoms with Gasteiger partial charge < -0.3 is 5.32 Å². The summed E-state index contributed by atoms with van der Waals surface area (Å²) in [5.74, 6) is -0.155. The van der Waals surface area contributed by atoms with E-state index in [4.69, 9.17) is 0 Å². The molecule has 0 atom stereocenters. The molecule has 0 unspecified atom stereocenters. The normalized spacial score (nSPS) is 14.9. The third-order valence-electron chi connectivity index (χ3n) is 3.44. The molecule has 3 rings (SSSR count). The standard InChI is InChI=1S/C15H17FN2S/c1-9-4-3-5-12(14(9)16)15-18-10(2)13(19-15)8-17-11-6-7-11/h3-5,11,17H,6-8H2,1-2H3. The molecule has 0 bridgehead atoms. The van der Waals surface area contributed by atoms with Crippen LogP contribution in [0, 0.1) is 19.7 Å². The van der Waals surface area contributed by atoms with Gasteiger partial charge in [0.1, 0.15) is 10.8 Å². The highest BCUT2D eigenvalue weighted by atomic mass is 32.1. The Hall–Kier alpha value is -1.26. The average molecular weight is 276 g/mol. The first kappa shape index (κ1) is 12.8. The minimum Gasteiger partial charge on any atom is -0.309 e. The minimum absolute atomic E-state index is 0.155. The highest BCUT2D eigenvalue weighted by molar-refractivity contribution is 7.15. The van der Waals surface area contributed by atoms with E-state index in [9.17, 15) is 4.39 Å². The van der Waals surface area contributed by atoms with Crippen LogP contribution in [-0.2, 0) is 6.54 Å². The van der Waals surface area contributed by atoms with Crippen LogP contribution >= 0.6 is 11.3 Å². The first-order valence-corrected chi connectivity index (χ1v) is 7.42. The van der Waals surface area contributed by atoms with E-state index in [1.807, 2.05) is 13.0 Å². The molecule has 0 spiro atoms. The molecule has 1 aromatic carbocycles. The molecule has 1 aliphatic rings. The molecule has 2 nitrogen and oxygen atoms in total. The second-order valence-electron chi connectivity index (χ2n) is 5.12. The highest BCUT2D eigenvalue weighted by Crippen LogP contribution is 2.31. The van der Waals surface area contributed by atoms with Gasteiger partial charge in [0.15, 0.2) is 0 Å². The van der Waals surface area contributed by atoms with Crippen molar-refractivity contribution >= 4 is 11.3 Å². The Bertz CT molecular complexity index is 602. The first-order chi connectivity index (χ1) is 9.15. The number of hydrogen-bond donors (Lipinski definition) is 1. The Morgan fingerprint density at radius 1 is 1.37 bits per heavy atom. The van der Waals surface area contributed by atoms with Crippen LogP contribution in [-0.4, -0.2) is 11.0 Å². The number of thiazole rings is 1. The summed E-state index contributed by atoms with van der Waals surface area (Å²) < 4.78 is 14.1. The number of benzene rings is 1. The first-order valence-electron chi connectivity index (χ1n) is 6.60. The number of nitrogens with one attached hydrogen (secondary N) is 1. The van der Waals surface area contributed by atoms with Gasteiger partial charge in [0.05, 0.1) is 5.69 Å². The smallest absolute Gasteiger partial charge is 0.136 e. The van der Waals surface area contributed by atoms with Crippen LogP contribution in [0.15, 0.2) is 18.2 Å². The van der Waals surface area contributed by atoms with Crippen LogP contribution in [0.25, 0.3) is 10.6 Å². The van der Waals surface area contributed by atoms with Gasteiger partial charge in [-0.2, -0.15) is 0 Å². The second kappa shape index (κ2) is 5.02. The van der Waals surface area contributed by atoms with Gasteiger partial charge in [-0.1, -0.05) is 12.1 Å². The zero-order chi connectivity index (χ0) is 13.4. The van der Waals surface area contributed by atoms with E-state index in [2.05, 4.69) is 10.3 Å². The SMILES string of the molecule is Cc1cccc(-c2nc(C)c(CNC3CC3)s2)c1F. The zero-order valence-corrected chi connectivity index (χ0v) is 12.0. The van der Waals surface area contributed by atoms with Crippen molar-refractivity contribution in [1.82, 2.24) is 10.3 Å². The number of rotatable bonds is 4. The molecule has 1 N–H and O–H groups in total. The Kier molecular flexibility index (Phi) is 3.37. The van der Waals surface area contributed by atoms with Gasteiger partial charge in [-0.3, -0.25) is 0 Å². The molecule has 0 saturated heterocycles. The van der Waals surface area contributed by atoms with Gasteiger partial charge >= 0.3 is 0 Å². The summed E-state index contributed by atoms with van der Waals surface area (Å²) in [6.45, 7) is 4.63. The number of halogens is 1. The monoisotopic (exact) mass is 276 g/mol. The highest BCUT2D eigenvalue weighted by Gasteiger charge is 2.21. The van der Waals surface area contributed by atoms with Crippen molar-refractivity contribution < 1.29 is 4.39 Å². The number of aryl methyl sites for hydroxylation is 2. The third kappa shape index (κ3) is 2.69. The summed E-state index contributed by atoms with van der Waals surface area (Å²) in [5, 5.41) is 4.26. The maximum Gasteiger partial charge on any atom is 0.136 e. The largest absolute Gasteiger partial charge is 0.309 e. The zero-order valence-electron chi connectivity index (χ0n) is 11.2. The molecule has 0 radical (unpaired) electrons. The molecule has 2 aromatic rings. The van der Waals surface area contributed by atoms with Gasteiger partial charge in [-0.05, 0) is 38.3 Å². The molecule has 4 heteroatoms. The fourth-order valence-electron chi connectivity index (χ4n) is 2.04. The van der Waals surface area contributed by atoms with Crippen LogP contribution in [0.2, 0.25) is 0 Å². The van der Waals surface area contributed by atoms with Crippen LogP contribution in [0.4, 0.5) is 4.39 Å². The number of hydrogen-bond acceptors (Lipinski definition) is 3.